The molecule has 2 aliphatic heterocycles. The van der Waals surface area contributed by atoms with Crippen molar-refractivity contribution in [2.45, 2.75) is 37.9 Å². The fourth-order valence-corrected chi connectivity index (χ4v) is 4.84. The van der Waals surface area contributed by atoms with Gasteiger partial charge in [-0.1, -0.05) is 12.1 Å². The molecule has 0 aliphatic carbocycles. The first kappa shape index (κ1) is 26.5. The number of thioether (sulfide) groups is 1. The summed E-state index contributed by atoms with van der Waals surface area (Å²) in [5.41, 5.74) is 0.618. The first-order valence-corrected chi connectivity index (χ1v) is 13.5. The van der Waals surface area contributed by atoms with Gasteiger partial charge in [-0.3, -0.25) is 4.90 Å². The summed E-state index contributed by atoms with van der Waals surface area (Å²) in [7, 11) is 0. The Morgan fingerprint density at radius 2 is 1.67 bits per heavy atom. The molecule has 36 heavy (non-hydrogen) atoms. The molecule has 1 amide bonds. The topological polar surface area (TPSA) is 80.3 Å². The standard InChI is InChI=1S/C26H37N5O4S/c1-26(2,3)35-25(32)31-10-8-30(9-11-31)24-27-18-22(19-28-24)34-20-21-4-6-23(7-5-21)36-17-14-29-12-15-33-16-13-29/h4-7,18-19H,8-17,20H2,1-3H3. The minimum Gasteiger partial charge on any atom is -0.486 e. The van der Waals surface area contributed by atoms with Crippen molar-refractivity contribution in [3.8, 4) is 5.75 Å². The maximum atomic E-state index is 12.2. The van der Waals surface area contributed by atoms with Crippen LogP contribution in [0.15, 0.2) is 41.6 Å². The first-order chi connectivity index (χ1) is 17.4. The van der Waals surface area contributed by atoms with Gasteiger partial charge in [-0.15, -0.1) is 11.8 Å². The second-order valence-electron chi connectivity index (χ2n) is 9.91. The van der Waals surface area contributed by atoms with Crippen LogP contribution in [-0.2, 0) is 16.1 Å². The Labute approximate surface area is 218 Å². The number of nitrogens with zero attached hydrogens (tertiary/aromatic N) is 5. The van der Waals surface area contributed by atoms with Crippen molar-refractivity contribution in [1.82, 2.24) is 19.8 Å². The molecule has 2 aliphatic rings. The van der Waals surface area contributed by atoms with Crippen LogP contribution in [0.3, 0.4) is 0 Å². The van der Waals surface area contributed by atoms with Gasteiger partial charge in [0.15, 0.2) is 5.75 Å². The number of morpholine rings is 1. The van der Waals surface area contributed by atoms with E-state index >= 15 is 0 Å². The van der Waals surface area contributed by atoms with Gasteiger partial charge < -0.3 is 24.0 Å². The minimum absolute atomic E-state index is 0.272. The van der Waals surface area contributed by atoms with E-state index in [2.05, 4.69) is 44.0 Å². The maximum absolute atomic E-state index is 12.2. The molecule has 0 atom stereocenters. The van der Waals surface area contributed by atoms with Gasteiger partial charge in [-0.2, -0.15) is 0 Å². The van der Waals surface area contributed by atoms with Crippen LogP contribution < -0.4 is 9.64 Å². The van der Waals surface area contributed by atoms with Crippen molar-refractivity contribution in [2.24, 2.45) is 0 Å². The summed E-state index contributed by atoms with van der Waals surface area (Å²) in [6.07, 6.45) is 3.14. The van der Waals surface area contributed by atoms with Gasteiger partial charge in [0.2, 0.25) is 5.95 Å². The summed E-state index contributed by atoms with van der Waals surface area (Å²) in [5.74, 6) is 2.36. The number of hydrogen-bond donors (Lipinski definition) is 0. The number of amides is 1. The monoisotopic (exact) mass is 515 g/mol. The normalized spacial score (nSPS) is 17.2. The predicted molar refractivity (Wildman–Crippen MR) is 141 cm³/mol. The van der Waals surface area contributed by atoms with E-state index < -0.39 is 5.60 Å². The Hall–Kier alpha value is -2.56. The molecule has 1 aromatic heterocycles. The first-order valence-electron chi connectivity index (χ1n) is 12.6. The Kier molecular flexibility index (Phi) is 9.28. The van der Waals surface area contributed by atoms with Crippen LogP contribution in [0.1, 0.15) is 26.3 Å². The number of rotatable bonds is 8. The summed E-state index contributed by atoms with van der Waals surface area (Å²) < 4.78 is 16.8. The molecule has 10 heteroatoms. The number of hydrogen-bond acceptors (Lipinski definition) is 9. The van der Waals surface area contributed by atoms with E-state index in [0.717, 1.165) is 44.2 Å². The highest BCUT2D eigenvalue weighted by Gasteiger charge is 2.26. The van der Waals surface area contributed by atoms with Gasteiger partial charge >= 0.3 is 6.09 Å². The molecular formula is C26H37N5O4S. The smallest absolute Gasteiger partial charge is 0.410 e. The Balaban J connectivity index is 1.17. The van der Waals surface area contributed by atoms with Crippen LogP contribution in [0, 0.1) is 0 Å². The molecule has 4 rings (SSSR count). The number of anilines is 1. The highest BCUT2D eigenvalue weighted by Crippen LogP contribution is 2.20. The molecule has 0 radical (unpaired) electrons. The van der Waals surface area contributed by atoms with Crippen molar-refractivity contribution in [3.63, 3.8) is 0 Å². The largest absolute Gasteiger partial charge is 0.486 e. The lowest BCUT2D eigenvalue weighted by molar-refractivity contribution is 0.0240. The average Bonchev–Trinajstić information content (AvgIpc) is 2.88. The summed E-state index contributed by atoms with van der Waals surface area (Å²) in [6, 6.07) is 8.52. The van der Waals surface area contributed by atoms with Crippen molar-refractivity contribution in [3.05, 3.63) is 42.2 Å². The predicted octanol–water partition coefficient (Wildman–Crippen LogP) is 3.54. The van der Waals surface area contributed by atoms with E-state index in [-0.39, 0.29) is 6.09 Å². The molecule has 2 aromatic rings. The van der Waals surface area contributed by atoms with Crippen molar-refractivity contribution in [1.29, 1.82) is 0 Å². The number of ether oxygens (including phenoxy) is 3. The zero-order valence-electron chi connectivity index (χ0n) is 21.5. The van der Waals surface area contributed by atoms with E-state index in [9.17, 15) is 4.79 Å². The Bertz CT molecular complexity index is 954. The molecule has 9 nitrogen and oxygen atoms in total. The fourth-order valence-electron chi connectivity index (χ4n) is 3.93. The summed E-state index contributed by atoms with van der Waals surface area (Å²) >= 11 is 1.88. The summed E-state index contributed by atoms with van der Waals surface area (Å²) in [5, 5.41) is 0. The van der Waals surface area contributed by atoms with Gasteiger partial charge in [0.05, 0.1) is 25.6 Å². The molecule has 0 unspecified atom stereocenters. The third kappa shape index (κ3) is 8.25. The van der Waals surface area contributed by atoms with E-state index in [1.54, 1.807) is 17.3 Å². The zero-order chi connectivity index (χ0) is 25.4. The van der Waals surface area contributed by atoms with E-state index in [1.807, 2.05) is 32.5 Å². The Morgan fingerprint density at radius 1 is 1.00 bits per heavy atom. The molecule has 0 saturated carbocycles. The van der Waals surface area contributed by atoms with E-state index in [4.69, 9.17) is 14.2 Å². The molecule has 0 N–H and O–H groups in total. The van der Waals surface area contributed by atoms with Crippen LogP contribution >= 0.6 is 11.8 Å². The van der Waals surface area contributed by atoms with Gasteiger partial charge in [-0.05, 0) is 38.5 Å². The van der Waals surface area contributed by atoms with E-state index in [0.29, 0.717) is 44.5 Å². The SMILES string of the molecule is CC(C)(C)OC(=O)N1CCN(c2ncc(OCc3ccc(SCCN4CCOCC4)cc3)cn2)CC1. The second-order valence-corrected chi connectivity index (χ2v) is 11.1. The van der Waals surface area contributed by atoms with Crippen molar-refractivity contribution < 1.29 is 19.0 Å². The molecule has 3 heterocycles. The minimum atomic E-state index is -0.489. The third-order valence-electron chi connectivity index (χ3n) is 5.94. The van der Waals surface area contributed by atoms with E-state index in [1.165, 1.54) is 4.90 Å². The molecule has 2 saturated heterocycles. The quantitative estimate of drug-likeness (QED) is 0.491. The lowest BCUT2D eigenvalue weighted by Gasteiger charge is -2.35. The average molecular weight is 516 g/mol. The van der Waals surface area contributed by atoms with Gasteiger partial charge in [0.1, 0.15) is 12.2 Å². The van der Waals surface area contributed by atoms with Crippen LogP contribution in [0.25, 0.3) is 0 Å². The van der Waals surface area contributed by atoms with Crippen LogP contribution in [0.2, 0.25) is 0 Å². The Morgan fingerprint density at radius 3 is 2.31 bits per heavy atom. The third-order valence-corrected chi connectivity index (χ3v) is 6.93. The molecular weight excluding hydrogens is 478 g/mol. The molecule has 0 bridgehead atoms. The van der Waals surface area contributed by atoms with Crippen LogP contribution in [0.4, 0.5) is 10.7 Å². The molecule has 2 fully saturated rings. The highest BCUT2D eigenvalue weighted by molar-refractivity contribution is 7.99. The van der Waals surface area contributed by atoms with Gasteiger partial charge in [0.25, 0.3) is 0 Å². The van der Waals surface area contributed by atoms with Gasteiger partial charge in [0, 0.05) is 56.5 Å². The van der Waals surface area contributed by atoms with Crippen molar-refractivity contribution in [2.75, 3.05) is 69.7 Å². The number of carbonyl (C=O) groups is 1. The number of aromatic nitrogens is 2. The lowest BCUT2D eigenvalue weighted by Crippen LogP contribution is -2.50. The van der Waals surface area contributed by atoms with Crippen LogP contribution in [-0.4, -0.2) is 96.2 Å². The number of piperazine rings is 1. The number of benzene rings is 1. The summed E-state index contributed by atoms with van der Waals surface area (Å²) in [4.78, 5) is 28.7. The maximum Gasteiger partial charge on any atom is 0.410 e. The fraction of sp³-hybridized carbons (Fsp3) is 0.577. The second kappa shape index (κ2) is 12.6. The zero-order valence-corrected chi connectivity index (χ0v) is 22.3. The summed E-state index contributed by atoms with van der Waals surface area (Å²) in [6.45, 7) is 13.4. The highest BCUT2D eigenvalue weighted by atomic mass is 32.2. The number of carbonyl (C=O) groups excluding carboxylic acids is 1. The molecule has 196 valence electrons. The van der Waals surface area contributed by atoms with Crippen molar-refractivity contribution >= 4 is 23.8 Å². The van der Waals surface area contributed by atoms with Crippen LogP contribution in [0.5, 0.6) is 5.75 Å². The molecule has 1 aromatic carbocycles. The molecule has 0 spiro atoms. The van der Waals surface area contributed by atoms with Gasteiger partial charge in [-0.25, -0.2) is 14.8 Å². The lowest BCUT2D eigenvalue weighted by atomic mass is 10.2.